The van der Waals surface area contributed by atoms with E-state index in [2.05, 4.69) is 21.1 Å². The van der Waals surface area contributed by atoms with Gasteiger partial charge in [-0.3, -0.25) is 0 Å². The van der Waals surface area contributed by atoms with Crippen LogP contribution in [0.1, 0.15) is 0 Å². The van der Waals surface area contributed by atoms with Gasteiger partial charge in [0.15, 0.2) is 5.75 Å². The molecule has 0 bridgehead atoms. The van der Waals surface area contributed by atoms with Crippen LogP contribution in [0.2, 0.25) is 0 Å². The van der Waals surface area contributed by atoms with Crippen LogP contribution in [0.4, 0.5) is 0 Å². The number of ether oxygens (including phenoxy) is 1. The van der Waals surface area contributed by atoms with Crippen LogP contribution in [0.3, 0.4) is 0 Å². The summed E-state index contributed by atoms with van der Waals surface area (Å²) in [5, 5.41) is 4.61. The Kier molecular flexibility index (Phi) is 1.77. The zero-order valence-electron chi connectivity index (χ0n) is 6.37. The Balaban J connectivity index is 2.82. The second kappa shape index (κ2) is 2.79. The van der Waals surface area contributed by atoms with E-state index in [9.17, 15) is 0 Å². The van der Waals surface area contributed by atoms with E-state index in [0.717, 1.165) is 9.86 Å². The molecule has 0 N–H and O–H groups in total. The Morgan fingerprint density at radius 1 is 1.50 bits per heavy atom. The van der Waals surface area contributed by atoms with Crippen molar-refractivity contribution in [3.63, 3.8) is 0 Å². The number of halogens is 1. The van der Waals surface area contributed by atoms with E-state index >= 15 is 0 Å². The minimum Gasteiger partial charge on any atom is -0.493 e. The third-order valence-electron chi connectivity index (χ3n) is 1.65. The summed E-state index contributed by atoms with van der Waals surface area (Å²) < 4.78 is 11.1. The molecular weight excluding hydrogens is 222 g/mol. The highest BCUT2D eigenvalue weighted by Crippen LogP contribution is 2.30. The van der Waals surface area contributed by atoms with Crippen LogP contribution < -0.4 is 4.74 Å². The maximum atomic E-state index is 5.09. The quantitative estimate of drug-likeness (QED) is 0.752. The van der Waals surface area contributed by atoms with Crippen LogP contribution in [0.25, 0.3) is 11.0 Å². The van der Waals surface area contributed by atoms with Crippen molar-refractivity contribution in [1.29, 1.82) is 0 Å². The molecule has 0 aliphatic rings. The molecule has 4 heteroatoms. The third-order valence-corrected chi connectivity index (χ3v) is 2.34. The average molecular weight is 228 g/mol. The second-order valence-corrected chi connectivity index (χ2v) is 3.17. The van der Waals surface area contributed by atoms with E-state index in [1.54, 1.807) is 13.3 Å². The molecule has 0 unspecified atom stereocenters. The van der Waals surface area contributed by atoms with Gasteiger partial charge < -0.3 is 9.26 Å². The van der Waals surface area contributed by atoms with Crippen molar-refractivity contribution in [3.05, 3.63) is 22.8 Å². The summed E-state index contributed by atoms with van der Waals surface area (Å²) >= 11 is 3.38. The highest BCUT2D eigenvalue weighted by Gasteiger charge is 2.08. The number of hydrogen-bond donors (Lipinski definition) is 0. The number of methoxy groups -OCH3 is 1. The zero-order valence-corrected chi connectivity index (χ0v) is 7.96. The van der Waals surface area contributed by atoms with E-state index in [1.807, 2.05) is 12.1 Å². The fraction of sp³-hybridized carbons (Fsp3) is 0.125. The molecule has 0 atom stereocenters. The standard InChI is InChI=1S/C8H6BrNO2/c1-11-7-3-2-6(9)5-4-10-12-8(5)7/h2-4H,1H3. The van der Waals surface area contributed by atoms with Crippen LogP contribution in [-0.2, 0) is 0 Å². The Morgan fingerprint density at radius 3 is 3.08 bits per heavy atom. The van der Waals surface area contributed by atoms with Gasteiger partial charge in [0.2, 0.25) is 5.58 Å². The lowest BCUT2D eigenvalue weighted by Gasteiger charge is -1.99. The van der Waals surface area contributed by atoms with Crippen molar-refractivity contribution in [2.45, 2.75) is 0 Å². The van der Waals surface area contributed by atoms with Crippen LogP contribution in [0.5, 0.6) is 5.75 Å². The highest BCUT2D eigenvalue weighted by atomic mass is 79.9. The van der Waals surface area contributed by atoms with Crippen LogP contribution in [-0.4, -0.2) is 12.3 Å². The normalized spacial score (nSPS) is 10.5. The molecule has 1 aromatic heterocycles. The lowest BCUT2D eigenvalue weighted by atomic mass is 10.2. The van der Waals surface area contributed by atoms with Crippen molar-refractivity contribution in [1.82, 2.24) is 5.16 Å². The molecule has 0 aliphatic heterocycles. The van der Waals surface area contributed by atoms with Crippen LogP contribution >= 0.6 is 15.9 Å². The van der Waals surface area contributed by atoms with E-state index in [1.165, 1.54) is 0 Å². The van der Waals surface area contributed by atoms with E-state index in [4.69, 9.17) is 9.26 Å². The summed E-state index contributed by atoms with van der Waals surface area (Å²) in [6.07, 6.45) is 1.65. The van der Waals surface area contributed by atoms with Gasteiger partial charge in [-0.15, -0.1) is 0 Å². The lowest BCUT2D eigenvalue weighted by molar-refractivity contribution is 0.393. The average Bonchev–Trinajstić information content (AvgIpc) is 2.54. The van der Waals surface area contributed by atoms with Crippen LogP contribution in [0.15, 0.2) is 27.3 Å². The molecule has 1 aromatic carbocycles. The molecule has 2 rings (SSSR count). The van der Waals surface area contributed by atoms with Crippen molar-refractivity contribution in [2.24, 2.45) is 0 Å². The molecule has 0 saturated heterocycles. The minimum atomic E-state index is 0.673. The Hall–Kier alpha value is -1.03. The summed E-state index contributed by atoms with van der Waals surface area (Å²) in [6, 6.07) is 3.73. The first-order valence-electron chi connectivity index (χ1n) is 3.40. The van der Waals surface area contributed by atoms with Crippen molar-refractivity contribution < 1.29 is 9.26 Å². The monoisotopic (exact) mass is 227 g/mol. The third kappa shape index (κ3) is 0.992. The van der Waals surface area contributed by atoms with Gasteiger partial charge in [0.05, 0.1) is 18.7 Å². The number of hydrogen-bond acceptors (Lipinski definition) is 3. The van der Waals surface area contributed by atoms with Crippen molar-refractivity contribution >= 4 is 26.9 Å². The van der Waals surface area contributed by atoms with Gasteiger partial charge in [-0.1, -0.05) is 5.16 Å². The summed E-state index contributed by atoms with van der Waals surface area (Å²) in [5.41, 5.74) is 0.673. The van der Waals surface area contributed by atoms with Gasteiger partial charge in [0.25, 0.3) is 0 Å². The molecule has 0 spiro atoms. The molecule has 0 radical (unpaired) electrons. The first kappa shape index (κ1) is 7.61. The number of aromatic nitrogens is 1. The molecule has 3 nitrogen and oxygen atoms in total. The van der Waals surface area contributed by atoms with E-state index < -0.39 is 0 Å². The molecule has 0 amide bonds. The maximum Gasteiger partial charge on any atom is 0.209 e. The van der Waals surface area contributed by atoms with Gasteiger partial charge >= 0.3 is 0 Å². The molecule has 0 saturated carbocycles. The van der Waals surface area contributed by atoms with E-state index in [0.29, 0.717) is 11.3 Å². The molecule has 0 aliphatic carbocycles. The first-order chi connectivity index (χ1) is 5.83. The SMILES string of the molecule is COc1ccc(Br)c2cnoc12. The number of fused-ring (bicyclic) bond motifs is 1. The van der Waals surface area contributed by atoms with Gasteiger partial charge in [-0.05, 0) is 28.1 Å². The topological polar surface area (TPSA) is 35.3 Å². The molecule has 62 valence electrons. The predicted octanol–water partition coefficient (Wildman–Crippen LogP) is 2.60. The first-order valence-corrected chi connectivity index (χ1v) is 4.19. The number of nitrogens with zero attached hydrogens (tertiary/aromatic N) is 1. The zero-order chi connectivity index (χ0) is 8.55. The Morgan fingerprint density at radius 2 is 2.33 bits per heavy atom. The molecule has 2 aromatic rings. The second-order valence-electron chi connectivity index (χ2n) is 2.32. The minimum absolute atomic E-state index is 0.673. The number of rotatable bonds is 1. The van der Waals surface area contributed by atoms with Gasteiger partial charge in [0, 0.05) is 4.47 Å². The van der Waals surface area contributed by atoms with Gasteiger partial charge in [-0.25, -0.2) is 0 Å². The van der Waals surface area contributed by atoms with E-state index in [-0.39, 0.29) is 0 Å². The fourth-order valence-corrected chi connectivity index (χ4v) is 1.48. The summed E-state index contributed by atoms with van der Waals surface area (Å²) in [6.45, 7) is 0. The predicted molar refractivity (Wildman–Crippen MR) is 48.3 cm³/mol. The molecule has 0 fully saturated rings. The van der Waals surface area contributed by atoms with Crippen LogP contribution in [0, 0.1) is 0 Å². The Labute approximate surface area is 77.4 Å². The summed E-state index contributed by atoms with van der Waals surface area (Å²) in [4.78, 5) is 0. The molecule has 1 heterocycles. The summed E-state index contributed by atoms with van der Waals surface area (Å²) in [5.74, 6) is 0.700. The Bertz CT molecular complexity index is 410. The smallest absolute Gasteiger partial charge is 0.209 e. The fourth-order valence-electron chi connectivity index (χ4n) is 1.06. The van der Waals surface area contributed by atoms with Gasteiger partial charge in [0.1, 0.15) is 0 Å². The summed E-state index contributed by atoms with van der Waals surface area (Å²) in [7, 11) is 1.60. The highest BCUT2D eigenvalue weighted by molar-refractivity contribution is 9.10. The maximum absolute atomic E-state index is 5.09. The molecular formula is C8H6BrNO2. The number of benzene rings is 1. The van der Waals surface area contributed by atoms with Crippen molar-refractivity contribution in [3.8, 4) is 5.75 Å². The molecule has 12 heavy (non-hydrogen) atoms. The van der Waals surface area contributed by atoms with Crippen molar-refractivity contribution in [2.75, 3.05) is 7.11 Å². The lowest BCUT2D eigenvalue weighted by Crippen LogP contribution is -1.82. The van der Waals surface area contributed by atoms with Gasteiger partial charge in [-0.2, -0.15) is 0 Å². The largest absolute Gasteiger partial charge is 0.493 e.